The van der Waals surface area contributed by atoms with Crippen molar-refractivity contribution >= 4 is 27.0 Å². The summed E-state index contributed by atoms with van der Waals surface area (Å²) in [6.45, 7) is 9.36. The van der Waals surface area contributed by atoms with E-state index in [4.69, 9.17) is 4.12 Å². The van der Waals surface area contributed by atoms with Gasteiger partial charge >= 0.3 is 0 Å². The van der Waals surface area contributed by atoms with Gasteiger partial charge in [0, 0.05) is 0 Å². The average Bonchev–Trinajstić information content (AvgIpc) is 3.86. The van der Waals surface area contributed by atoms with E-state index in [2.05, 4.69) is 217 Å². The van der Waals surface area contributed by atoms with Gasteiger partial charge in [0.25, 0.3) is 0 Å². The first kappa shape index (κ1) is 35.6. The zero-order chi connectivity index (χ0) is 36.4. The number of rotatable bonds is 10. The van der Waals surface area contributed by atoms with Crippen LogP contribution in [0.5, 0.6) is 0 Å². The van der Waals surface area contributed by atoms with Gasteiger partial charge in [-0.2, -0.15) is 0 Å². The molecule has 2 heterocycles. The number of nitrogens with one attached hydrogen (secondary N) is 4. The predicted octanol–water partition coefficient (Wildman–Crippen LogP) is 8.58. The van der Waals surface area contributed by atoms with Crippen LogP contribution in [-0.4, -0.2) is 16.6 Å². The highest BCUT2D eigenvalue weighted by molar-refractivity contribution is 6.96. The van der Waals surface area contributed by atoms with E-state index in [1.165, 1.54) is 43.8 Å². The Hall–Kier alpha value is -4.45. The van der Waals surface area contributed by atoms with E-state index in [1.54, 1.807) is 0 Å². The number of hydrogen-bond donors (Lipinski definition) is 4. The number of benzene rings is 6. The highest BCUT2D eigenvalue weighted by Gasteiger charge is 2.39. The first-order valence-corrected chi connectivity index (χ1v) is 24.7. The van der Waals surface area contributed by atoms with Gasteiger partial charge in [-0.25, -0.2) is 0 Å². The van der Waals surface area contributed by atoms with Gasteiger partial charge < -0.3 is 4.12 Å². The van der Waals surface area contributed by atoms with Crippen LogP contribution in [0, 0.1) is 0 Å². The summed E-state index contributed by atoms with van der Waals surface area (Å²) in [5.41, 5.74) is 7.64. The van der Waals surface area contributed by atoms with Gasteiger partial charge in [0.15, 0.2) is 0 Å². The molecule has 4 unspecified atom stereocenters. The van der Waals surface area contributed by atoms with Gasteiger partial charge in [0.2, 0.25) is 16.6 Å². The Bertz CT molecular complexity index is 1830. The third kappa shape index (κ3) is 7.65. The molecule has 0 aliphatic carbocycles. The summed E-state index contributed by atoms with van der Waals surface area (Å²) in [4.78, 5) is 0. The second-order valence-corrected chi connectivity index (χ2v) is 23.5. The smallest absolute Gasteiger partial charge is 0.206 e. The summed E-state index contributed by atoms with van der Waals surface area (Å²) < 4.78 is 7.24. The molecule has 4 N–H and O–H groups in total. The predicted molar refractivity (Wildman–Crippen MR) is 223 cm³/mol. The van der Waals surface area contributed by atoms with Crippen molar-refractivity contribution in [2.75, 3.05) is 0 Å². The molecule has 4 atom stereocenters. The van der Waals surface area contributed by atoms with Crippen LogP contribution in [0.4, 0.5) is 0 Å². The summed E-state index contributed by atoms with van der Waals surface area (Å²) >= 11 is 0. The lowest BCUT2D eigenvalue weighted by Gasteiger charge is -2.35. The molecule has 2 aliphatic rings. The monoisotopic (exact) mass is 730 g/mol. The molecular weight excluding hydrogens is 681 g/mol. The molecule has 6 aromatic rings. The molecule has 0 radical (unpaired) electrons. The molecule has 0 bridgehead atoms. The van der Waals surface area contributed by atoms with Gasteiger partial charge in [-0.1, -0.05) is 170 Å². The molecule has 5 nitrogen and oxygen atoms in total. The van der Waals surface area contributed by atoms with Gasteiger partial charge in [-0.05, 0) is 69.9 Å². The Morgan fingerprint density at radius 3 is 0.811 bits per heavy atom. The largest absolute Gasteiger partial charge is 0.449 e. The molecule has 8 rings (SSSR count). The Morgan fingerprint density at radius 2 is 0.566 bits per heavy atom. The van der Waals surface area contributed by atoms with E-state index in [9.17, 15) is 0 Å². The second-order valence-electron chi connectivity index (χ2n) is 15.5. The number of hydrogen-bond acceptors (Lipinski definition) is 5. The molecule has 53 heavy (non-hydrogen) atoms. The minimum absolute atomic E-state index is 0.0456. The topological polar surface area (TPSA) is 57.4 Å². The maximum Gasteiger partial charge on any atom is 0.206 e. The third-order valence-corrected chi connectivity index (χ3v) is 18.6. The van der Waals surface area contributed by atoms with Crippen LogP contribution in [0.1, 0.15) is 69.9 Å². The van der Waals surface area contributed by atoms with E-state index < -0.39 is 16.6 Å². The van der Waals surface area contributed by atoms with Gasteiger partial charge in [-0.15, -0.1) is 0 Å². The fraction of sp³-hybridized carbons (Fsp3) is 0.217. The Labute approximate surface area is 317 Å². The van der Waals surface area contributed by atoms with Crippen LogP contribution in [0.15, 0.2) is 170 Å². The molecule has 2 fully saturated rings. The first-order valence-electron chi connectivity index (χ1n) is 18.9. The van der Waals surface area contributed by atoms with Crippen molar-refractivity contribution < 1.29 is 4.12 Å². The van der Waals surface area contributed by atoms with Crippen LogP contribution < -0.4 is 31.6 Å². The third-order valence-electron chi connectivity index (χ3n) is 11.1. The highest BCUT2D eigenvalue weighted by atomic mass is 28.4. The Morgan fingerprint density at radius 1 is 0.321 bits per heavy atom. The van der Waals surface area contributed by atoms with Gasteiger partial charge in [0.1, 0.15) is 0 Å². The molecule has 6 aromatic carbocycles. The van der Waals surface area contributed by atoms with Crippen LogP contribution in [0.25, 0.3) is 0 Å². The molecular formula is C46H50N4OSi2. The Kier molecular flexibility index (Phi) is 10.2. The van der Waals surface area contributed by atoms with E-state index in [-0.39, 0.29) is 36.5 Å². The van der Waals surface area contributed by atoms with E-state index in [1.807, 2.05) is 0 Å². The quantitative estimate of drug-likeness (QED) is 0.107. The molecule has 0 saturated carbocycles. The maximum absolute atomic E-state index is 7.24. The summed E-state index contributed by atoms with van der Waals surface area (Å²) in [7, 11) is -4.46. The van der Waals surface area contributed by atoms with Crippen molar-refractivity contribution in [1.82, 2.24) is 21.3 Å². The molecule has 268 valence electrons. The van der Waals surface area contributed by atoms with Crippen LogP contribution in [-0.2, 0) is 4.12 Å². The summed E-state index contributed by atoms with van der Waals surface area (Å²) in [5, 5.41) is 18.2. The van der Waals surface area contributed by atoms with Crippen molar-refractivity contribution in [3.63, 3.8) is 0 Å². The summed E-state index contributed by atoms with van der Waals surface area (Å²) in [5.74, 6) is 0. The molecule has 2 saturated heterocycles. The molecule has 0 spiro atoms. The highest BCUT2D eigenvalue weighted by Crippen LogP contribution is 2.39. The van der Waals surface area contributed by atoms with E-state index in [0.29, 0.717) is 0 Å². The zero-order valence-corrected chi connectivity index (χ0v) is 33.0. The Balaban J connectivity index is 0.957. The fourth-order valence-corrected chi connectivity index (χ4v) is 16.3. The summed E-state index contributed by atoms with van der Waals surface area (Å²) in [6, 6.07) is 62.1. The second kappa shape index (κ2) is 15.1. The first-order chi connectivity index (χ1) is 25.7. The van der Waals surface area contributed by atoms with E-state index >= 15 is 0 Å². The molecule has 0 amide bonds. The fourth-order valence-electron chi connectivity index (χ4n) is 8.29. The van der Waals surface area contributed by atoms with Crippen molar-refractivity contribution in [1.29, 1.82) is 0 Å². The lowest BCUT2D eigenvalue weighted by atomic mass is 9.95. The lowest BCUT2D eigenvalue weighted by molar-refractivity contribution is 0.553. The van der Waals surface area contributed by atoms with Crippen molar-refractivity contribution in [2.45, 2.75) is 62.7 Å². The maximum atomic E-state index is 7.24. The normalized spacial score (nSPS) is 23.2. The van der Waals surface area contributed by atoms with Gasteiger partial charge in [0.05, 0.1) is 36.5 Å². The molecule has 7 heteroatoms. The van der Waals surface area contributed by atoms with Crippen molar-refractivity contribution in [3.8, 4) is 0 Å². The molecule has 0 aromatic heterocycles. The van der Waals surface area contributed by atoms with Gasteiger partial charge in [-0.3, -0.25) is 21.3 Å². The standard InChI is InChI=1S/C46H50N4OSi2/c1-52(2,39-29-25-37(26-30-39)45-47-41(33-17-9-5-10-18-33)42(48-45)34-19-11-6-12-20-34)51-53(3,4)40-31-27-38(28-32-40)46-49-43(35-21-13-7-14-22-35)44(50-46)36-23-15-8-16-24-36/h5-32,41-50H,1-4H3. The van der Waals surface area contributed by atoms with Crippen LogP contribution in [0.2, 0.25) is 26.2 Å². The van der Waals surface area contributed by atoms with Crippen LogP contribution >= 0.6 is 0 Å². The van der Waals surface area contributed by atoms with Crippen molar-refractivity contribution in [3.05, 3.63) is 203 Å². The zero-order valence-electron chi connectivity index (χ0n) is 31.0. The average molecular weight is 731 g/mol. The minimum atomic E-state index is -2.23. The molecule has 2 aliphatic heterocycles. The lowest BCUT2D eigenvalue weighted by Crippen LogP contribution is -2.57. The minimum Gasteiger partial charge on any atom is -0.449 e. The van der Waals surface area contributed by atoms with Crippen LogP contribution in [0.3, 0.4) is 0 Å². The SMILES string of the molecule is C[Si](C)(O[Si](C)(C)c1ccc(C2NC(c3ccccc3)C(c3ccccc3)N2)cc1)c1ccc(C2NC(c3ccccc3)C(c3ccccc3)N2)cc1. The van der Waals surface area contributed by atoms with E-state index in [0.717, 1.165) is 0 Å². The summed E-state index contributed by atoms with van der Waals surface area (Å²) in [6.07, 6.45) is 0.0913. The van der Waals surface area contributed by atoms with Crippen molar-refractivity contribution in [2.24, 2.45) is 0 Å².